The number of aryl methyl sites for hydroxylation is 1. The average molecular weight is 316 g/mol. The van der Waals surface area contributed by atoms with Crippen molar-refractivity contribution in [1.82, 2.24) is 4.57 Å². The van der Waals surface area contributed by atoms with Crippen molar-refractivity contribution in [2.45, 2.75) is 19.1 Å². The fraction of sp³-hybridized carbons (Fsp3) is 0.357. The molecule has 0 amide bonds. The second-order valence-electron chi connectivity index (χ2n) is 4.67. The van der Waals surface area contributed by atoms with Gasteiger partial charge in [-0.05, 0) is 23.9 Å². The van der Waals surface area contributed by atoms with Crippen molar-refractivity contribution in [1.29, 1.82) is 0 Å². The number of hydrogen-bond donors (Lipinski definition) is 1. The molecule has 0 bridgehead atoms. The Morgan fingerprint density at radius 3 is 2.71 bits per heavy atom. The summed E-state index contributed by atoms with van der Waals surface area (Å²) < 4.78 is 42.3. The summed E-state index contributed by atoms with van der Waals surface area (Å²) in [7, 11) is 0. The molecule has 7 heteroatoms. The zero-order valence-electron chi connectivity index (χ0n) is 11.2. The number of halogens is 3. The maximum absolute atomic E-state index is 11.9. The Morgan fingerprint density at radius 2 is 2.05 bits per heavy atom. The van der Waals surface area contributed by atoms with Crippen LogP contribution in [0.4, 0.5) is 13.2 Å². The van der Waals surface area contributed by atoms with E-state index in [9.17, 15) is 13.2 Å². The topological polar surface area (TPSA) is 40.2 Å². The van der Waals surface area contributed by atoms with Crippen LogP contribution < -0.4 is 5.73 Å². The molecular formula is C14H15F3N2OS. The molecule has 21 heavy (non-hydrogen) atoms. The highest BCUT2D eigenvalue weighted by molar-refractivity contribution is 7.80. The summed E-state index contributed by atoms with van der Waals surface area (Å²) in [6.45, 7) is -0.568. The summed E-state index contributed by atoms with van der Waals surface area (Å²) in [5.74, 6) is 0. The van der Waals surface area contributed by atoms with E-state index in [1.807, 2.05) is 35.0 Å². The van der Waals surface area contributed by atoms with Crippen LogP contribution in [0.3, 0.4) is 0 Å². The number of fused-ring (bicyclic) bond motifs is 1. The summed E-state index contributed by atoms with van der Waals surface area (Å²) in [6.07, 6.45) is -1.89. The third kappa shape index (κ3) is 4.44. The lowest BCUT2D eigenvalue weighted by molar-refractivity contribution is -0.174. The fourth-order valence-electron chi connectivity index (χ4n) is 2.06. The van der Waals surface area contributed by atoms with Gasteiger partial charge in [-0.25, -0.2) is 0 Å². The minimum atomic E-state index is -4.27. The number of thiocarbonyl (C=S) groups is 1. The van der Waals surface area contributed by atoms with E-state index in [2.05, 4.69) is 4.74 Å². The predicted molar refractivity (Wildman–Crippen MR) is 79.3 cm³/mol. The van der Waals surface area contributed by atoms with Crippen LogP contribution in [-0.2, 0) is 11.3 Å². The van der Waals surface area contributed by atoms with Crippen molar-refractivity contribution >= 4 is 28.1 Å². The Morgan fingerprint density at radius 1 is 1.29 bits per heavy atom. The Bertz CT molecular complexity index is 637. The van der Waals surface area contributed by atoms with Crippen molar-refractivity contribution < 1.29 is 17.9 Å². The van der Waals surface area contributed by atoms with Crippen LogP contribution in [0.15, 0.2) is 30.5 Å². The predicted octanol–water partition coefficient (Wildman–Crippen LogP) is 3.24. The minimum Gasteiger partial charge on any atom is -0.389 e. The smallest absolute Gasteiger partial charge is 0.389 e. The van der Waals surface area contributed by atoms with Gasteiger partial charge in [-0.15, -0.1) is 0 Å². The first-order valence-corrected chi connectivity index (χ1v) is 6.81. The second kappa shape index (κ2) is 6.44. The molecule has 2 N–H and O–H groups in total. The Labute approximate surface area is 125 Å². The van der Waals surface area contributed by atoms with Crippen molar-refractivity contribution in [2.24, 2.45) is 5.73 Å². The molecule has 2 rings (SSSR count). The molecule has 0 spiro atoms. The van der Waals surface area contributed by atoms with Gasteiger partial charge in [0.15, 0.2) is 0 Å². The average Bonchev–Trinajstić information content (AvgIpc) is 2.79. The van der Waals surface area contributed by atoms with E-state index >= 15 is 0 Å². The molecule has 0 radical (unpaired) electrons. The van der Waals surface area contributed by atoms with E-state index in [1.165, 1.54) is 0 Å². The minimum absolute atomic E-state index is 0.0637. The Kier molecular flexibility index (Phi) is 4.84. The van der Waals surface area contributed by atoms with Gasteiger partial charge in [0.2, 0.25) is 0 Å². The van der Waals surface area contributed by atoms with Crippen molar-refractivity contribution in [3.8, 4) is 0 Å². The molecule has 1 aromatic carbocycles. The van der Waals surface area contributed by atoms with Crippen LogP contribution in [0, 0.1) is 0 Å². The molecule has 0 aliphatic carbocycles. The molecule has 1 heterocycles. The summed E-state index contributed by atoms with van der Waals surface area (Å²) in [5, 5.41) is 1.03. The monoisotopic (exact) mass is 316 g/mol. The standard InChI is InChI=1S/C14H15F3N2OS/c15-14(16,17)9-20-7-1-5-19-6-4-10-2-3-11(13(18)21)8-12(10)19/h2-4,6,8H,1,5,7,9H2,(H2,18,21). The highest BCUT2D eigenvalue weighted by atomic mass is 32.1. The normalized spacial score (nSPS) is 12.0. The van der Waals surface area contributed by atoms with Crippen LogP contribution in [-0.4, -0.2) is 28.9 Å². The lowest BCUT2D eigenvalue weighted by atomic mass is 10.1. The molecule has 0 aliphatic heterocycles. The van der Waals surface area contributed by atoms with E-state index in [0.29, 0.717) is 18.0 Å². The van der Waals surface area contributed by atoms with Crippen LogP contribution in [0.2, 0.25) is 0 Å². The Balaban J connectivity index is 1.96. The lowest BCUT2D eigenvalue weighted by Gasteiger charge is -2.09. The number of aromatic nitrogens is 1. The third-order valence-corrected chi connectivity index (χ3v) is 3.25. The van der Waals surface area contributed by atoms with Gasteiger partial charge in [0.25, 0.3) is 0 Å². The van der Waals surface area contributed by atoms with Crippen molar-refractivity contribution in [3.05, 3.63) is 36.0 Å². The van der Waals surface area contributed by atoms with Gasteiger partial charge in [-0.2, -0.15) is 13.2 Å². The molecule has 0 unspecified atom stereocenters. The molecule has 2 aromatic rings. The number of alkyl halides is 3. The van der Waals surface area contributed by atoms with Gasteiger partial charge in [0, 0.05) is 30.4 Å². The highest BCUT2D eigenvalue weighted by Crippen LogP contribution is 2.18. The van der Waals surface area contributed by atoms with Crippen molar-refractivity contribution in [3.63, 3.8) is 0 Å². The highest BCUT2D eigenvalue weighted by Gasteiger charge is 2.27. The van der Waals surface area contributed by atoms with E-state index in [1.54, 1.807) is 0 Å². The van der Waals surface area contributed by atoms with Gasteiger partial charge < -0.3 is 15.0 Å². The first-order chi connectivity index (χ1) is 9.87. The van der Waals surface area contributed by atoms with Gasteiger partial charge in [-0.3, -0.25) is 0 Å². The molecule has 0 aliphatic rings. The van der Waals surface area contributed by atoms with E-state index in [4.69, 9.17) is 18.0 Å². The number of rotatable bonds is 6. The van der Waals surface area contributed by atoms with Gasteiger partial charge in [0.05, 0.1) is 0 Å². The van der Waals surface area contributed by atoms with Crippen molar-refractivity contribution in [2.75, 3.05) is 13.2 Å². The molecule has 0 saturated heterocycles. The van der Waals surface area contributed by atoms with E-state index in [-0.39, 0.29) is 6.61 Å². The van der Waals surface area contributed by atoms with Crippen LogP contribution in [0.1, 0.15) is 12.0 Å². The van der Waals surface area contributed by atoms with Gasteiger partial charge >= 0.3 is 6.18 Å². The third-order valence-electron chi connectivity index (χ3n) is 3.01. The van der Waals surface area contributed by atoms with Crippen LogP contribution >= 0.6 is 12.2 Å². The van der Waals surface area contributed by atoms with E-state index < -0.39 is 12.8 Å². The molecule has 114 valence electrons. The number of ether oxygens (including phenoxy) is 1. The molecule has 3 nitrogen and oxygen atoms in total. The molecule has 0 fully saturated rings. The zero-order valence-corrected chi connectivity index (χ0v) is 12.0. The number of nitrogens with two attached hydrogens (primary N) is 1. The van der Waals surface area contributed by atoms with Gasteiger partial charge in [-0.1, -0.05) is 24.4 Å². The van der Waals surface area contributed by atoms with Crippen LogP contribution in [0.25, 0.3) is 10.9 Å². The summed E-state index contributed by atoms with van der Waals surface area (Å²) in [5.41, 5.74) is 7.32. The number of benzene rings is 1. The maximum atomic E-state index is 11.9. The fourth-order valence-corrected chi connectivity index (χ4v) is 2.18. The molecule has 0 atom stereocenters. The molecular weight excluding hydrogens is 301 g/mol. The largest absolute Gasteiger partial charge is 0.411 e. The molecule has 1 aromatic heterocycles. The zero-order chi connectivity index (χ0) is 15.5. The number of hydrogen-bond acceptors (Lipinski definition) is 2. The summed E-state index contributed by atoms with van der Waals surface area (Å²) in [4.78, 5) is 0.318. The quantitative estimate of drug-likeness (QED) is 0.657. The second-order valence-corrected chi connectivity index (χ2v) is 5.11. The first-order valence-electron chi connectivity index (χ1n) is 6.40. The number of nitrogens with zero attached hydrogens (tertiary/aromatic N) is 1. The maximum Gasteiger partial charge on any atom is 0.411 e. The summed E-state index contributed by atoms with van der Waals surface area (Å²) >= 11 is 4.94. The van der Waals surface area contributed by atoms with E-state index in [0.717, 1.165) is 16.5 Å². The SMILES string of the molecule is NC(=S)c1ccc2ccn(CCCOCC(F)(F)F)c2c1. The van der Waals surface area contributed by atoms with Gasteiger partial charge in [0.1, 0.15) is 11.6 Å². The van der Waals surface area contributed by atoms with Crippen LogP contribution in [0.5, 0.6) is 0 Å². The lowest BCUT2D eigenvalue weighted by Crippen LogP contribution is -2.17. The first kappa shape index (κ1) is 15.8. The summed E-state index contributed by atoms with van der Waals surface area (Å²) in [6, 6.07) is 7.59. The molecule has 0 saturated carbocycles. The Hall–Kier alpha value is -1.60.